The summed E-state index contributed by atoms with van der Waals surface area (Å²) >= 11 is 0. The second-order valence-corrected chi connectivity index (χ2v) is 11.9. The van der Waals surface area contributed by atoms with Crippen molar-refractivity contribution in [3.05, 3.63) is 12.2 Å². The molecule has 0 saturated heterocycles. The highest BCUT2D eigenvalue weighted by Gasteiger charge is 2.59. The monoisotopic (exact) mass is 384 g/mol. The zero-order chi connectivity index (χ0) is 20.1. The maximum atomic E-state index is 12.1. The van der Waals surface area contributed by atoms with Crippen LogP contribution < -0.4 is 0 Å². The molecule has 28 heavy (non-hydrogen) atoms. The van der Waals surface area contributed by atoms with E-state index in [1.807, 2.05) is 19.9 Å². The Balaban J connectivity index is 1.51. The van der Waals surface area contributed by atoms with Gasteiger partial charge in [-0.1, -0.05) is 53.5 Å². The second-order valence-electron chi connectivity index (χ2n) is 11.9. The molecule has 1 unspecified atom stereocenters. The Morgan fingerprint density at radius 2 is 1.61 bits per heavy atom. The number of allylic oxidation sites excluding steroid dienone is 2. The van der Waals surface area contributed by atoms with Crippen molar-refractivity contribution in [1.29, 1.82) is 0 Å². The summed E-state index contributed by atoms with van der Waals surface area (Å²) in [6, 6.07) is 0. The number of rotatable bonds is 4. The van der Waals surface area contributed by atoms with Crippen molar-refractivity contribution in [2.75, 3.05) is 0 Å². The molecule has 0 N–H and O–H groups in total. The van der Waals surface area contributed by atoms with Crippen LogP contribution in [0.2, 0.25) is 0 Å². The van der Waals surface area contributed by atoms with Gasteiger partial charge in [-0.15, -0.1) is 0 Å². The number of fused-ring (bicyclic) bond motifs is 5. The number of carbonyl (C=O) groups is 1. The third kappa shape index (κ3) is 3.24. The van der Waals surface area contributed by atoms with Crippen LogP contribution in [0.1, 0.15) is 98.8 Å². The molecule has 0 aromatic carbocycles. The first-order chi connectivity index (χ1) is 13.3. The van der Waals surface area contributed by atoms with E-state index >= 15 is 0 Å². The number of carbonyl (C=O) groups excluding carboxylic acids is 1. The molecule has 4 rings (SSSR count). The molecule has 0 heterocycles. The minimum Gasteiger partial charge on any atom is -0.295 e. The molecule has 0 spiro atoms. The van der Waals surface area contributed by atoms with Crippen molar-refractivity contribution >= 4 is 5.78 Å². The summed E-state index contributed by atoms with van der Waals surface area (Å²) in [6.07, 6.45) is 18.9. The van der Waals surface area contributed by atoms with E-state index in [0.29, 0.717) is 22.5 Å². The Morgan fingerprint density at radius 1 is 0.857 bits per heavy atom. The summed E-state index contributed by atoms with van der Waals surface area (Å²) in [6.45, 7) is 11.7. The van der Waals surface area contributed by atoms with Crippen molar-refractivity contribution in [3.63, 3.8) is 0 Å². The van der Waals surface area contributed by atoms with E-state index in [1.54, 1.807) is 0 Å². The lowest BCUT2D eigenvalue weighted by Crippen LogP contribution is -2.53. The predicted octanol–water partition coefficient (Wildman–Crippen LogP) is 7.45. The van der Waals surface area contributed by atoms with Gasteiger partial charge >= 0.3 is 0 Å². The lowest BCUT2D eigenvalue weighted by Gasteiger charge is -2.60. The van der Waals surface area contributed by atoms with Crippen LogP contribution in [0.3, 0.4) is 0 Å². The lowest BCUT2D eigenvalue weighted by atomic mass is 9.44. The van der Waals surface area contributed by atoms with Crippen molar-refractivity contribution in [3.8, 4) is 0 Å². The molecule has 0 aliphatic heterocycles. The molecule has 4 fully saturated rings. The van der Waals surface area contributed by atoms with Gasteiger partial charge in [0, 0.05) is 5.92 Å². The van der Waals surface area contributed by atoms with Crippen LogP contribution in [-0.4, -0.2) is 5.78 Å². The number of hydrogen-bond donors (Lipinski definition) is 0. The molecule has 4 aliphatic carbocycles. The van der Waals surface area contributed by atoms with Crippen molar-refractivity contribution in [2.24, 2.45) is 52.3 Å². The summed E-state index contributed by atoms with van der Waals surface area (Å²) in [4.78, 5) is 12.1. The predicted molar refractivity (Wildman–Crippen MR) is 118 cm³/mol. The van der Waals surface area contributed by atoms with Gasteiger partial charge < -0.3 is 0 Å². The van der Waals surface area contributed by atoms with Crippen LogP contribution in [0, 0.1) is 52.3 Å². The fraction of sp³-hybridized carbons (Fsp3) is 0.889. The lowest BCUT2D eigenvalue weighted by molar-refractivity contribution is -0.117. The van der Waals surface area contributed by atoms with Gasteiger partial charge in [0.25, 0.3) is 0 Å². The molecular weight excluding hydrogens is 340 g/mol. The first-order valence-electron chi connectivity index (χ1n) is 12.5. The fourth-order valence-electron chi connectivity index (χ4n) is 8.77. The number of ketones is 1. The van der Waals surface area contributed by atoms with E-state index in [4.69, 9.17) is 0 Å². The third-order valence-corrected chi connectivity index (χ3v) is 10.4. The molecule has 4 aliphatic rings. The molecule has 1 nitrogen and oxygen atoms in total. The molecular formula is C27H44O. The van der Waals surface area contributed by atoms with E-state index in [0.717, 1.165) is 29.6 Å². The van der Waals surface area contributed by atoms with Crippen LogP contribution in [-0.2, 0) is 4.79 Å². The molecule has 0 radical (unpaired) electrons. The van der Waals surface area contributed by atoms with Crippen molar-refractivity contribution in [2.45, 2.75) is 98.8 Å². The Morgan fingerprint density at radius 3 is 2.36 bits per heavy atom. The highest BCUT2D eigenvalue weighted by molar-refractivity contribution is 5.91. The highest BCUT2D eigenvalue weighted by atomic mass is 16.1. The quantitative estimate of drug-likeness (QED) is 0.460. The van der Waals surface area contributed by atoms with E-state index in [9.17, 15) is 4.79 Å². The smallest absolute Gasteiger partial charge is 0.157 e. The minimum atomic E-state index is 0.122. The van der Waals surface area contributed by atoms with Gasteiger partial charge in [0.1, 0.15) is 0 Å². The van der Waals surface area contributed by atoms with Crippen molar-refractivity contribution in [1.82, 2.24) is 0 Å². The van der Waals surface area contributed by atoms with E-state index < -0.39 is 0 Å². The molecule has 0 aromatic heterocycles. The first kappa shape index (κ1) is 20.7. The van der Waals surface area contributed by atoms with E-state index in [-0.39, 0.29) is 5.92 Å². The average molecular weight is 385 g/mol. The average Bonchev–Trinajstić information content (AvgIpc) is 3.02. The fourth-order valence-corrected chi connectivity index (χ4v) is 8.77. The molecule has 0 bridgehead atoms. The Labute approximate surface area is 174 Å². The van der Waals surface area contributed by atoms with Gasteiger partial charge in [-0.3, -0.25) is 4.79 Å². The minimum absolute atomic E-state index is 0.122. The van der Waals surface area contributed by atoms with E-state index in [1.165, 1.54) is 64.2 Å². The van der Waals surface area contributed by atoms with Gasteiger partial charge in [0.15, 0.2) is 5.78 Å². The Bertz CT molecular complexity index is 618. The maximum Gasteiger partial charge on any atom is 0.157 e. The molecule has 4 saturated carbocycles. The summed E-state index contributed by atoms with van der Waals surface area (Å²) in [5, 5.41) is 0. The third-order valence-electron chi connectivity index (χ3n) is 10.4. The molecule has 0 aromatic rings. The van der Waals surface area contributed by atoms with Crippen LogP contribution >= 0.6 is 0 Å². The second kappa shape index (κ2) is 7.59. The topological polar surface area (TPSA) is 17.1 Å². The van der Waals surface area contributed by atoms with Gasteiger partial charge in [-0.05, 0) is 104 Å². The largest absolute Gasteiger partial charge is 0.295 e. The normalized spacial score (nSPS) is 46.9. The summed E-state index contributed by atoms with van der Waals surface area (Å²) in [5.74, 6) is 5.66. The van der Waals surface area contributed by atoms with Crippen LogP contribution in [0.4, 0.5) is 0 Å². The molecule has 8 atom stereocenters. The Hall–Kier alpha value is -0.590. The molecule has 158 valence electrons. The van der Waals surface area contributed by atoms with Gasteiger partial charge in [-0.2, -0.15) is 0 Å². The molecule has 1 heteroatoms. The van der Waals surface area contributed by atoms with Crippen LogP contribution in [0.15, 0.2) is 12.2 Å². The zero-order valence-corrected chi connectivity index (χ0v) is 19.2. The van der Waals surface area contributed by atoms with Crippen LogP contribution in [0.25, 0.3) is 0 Å². The maximum absolute atomic E-state index is 12.1. The number of hydrogen-bond acceptors (Lipinski definition) is 1. The Kier molecular flexibility index (Phi) is 5.60. The standard InChI is InChI=1S/C27H44O/c1-18(2)25(28)14-9-19(3)22-12-13-23-21-11-10-20-8-6-7-16-26(20,4)24(21)15-17-27(22,23)5/h9,14,18-24H,6-8,10-13,15-17H2,1-5H3/b14-9+/t19-,20?,21+,22-,23+,24+,26+,27-/m1/s1. The SMILES string of the molecule is CC(C)C(=O)/C=C/[C@@H](C)[C@H]1CC[C@H]2[C@@H]3CCC4CCCC[C@]4(C)[C@H]3CC[C@]12C. The van der Waals surface area contributed by atoms with Gasteiger partial charge in [0.2, 0.25) is 0 Å². The summed E-state index contributed by atoms with van der Waals surface area (Å²) < 4.78 is 0. The summed E-state index contributed by atoms with van der Waals surface area (Å²) in [7, 11) is 0. The van der Waals surface area contributed by atoms with Crippen LogP contribution in [0.5, 0.6) is 0 Å². The zero-order valence-electron chi connectivity index (χ0n) is 19.2. The highest BCUT2D eigenvalue weighted by Crippen LogP contribution is 2.68. The summed E-state index contributed by atoms with van der Waals surface area (Å²) in [5.41, 5.74) is 1.15. The molecule has 0 amide bonds. The van der Waals surface area contributed by atoms with Gasteiger partial charge in [-0.25, -0.2) is 0 Å². The van der Waals surface area contributed by atoms with E-state index in [2.05, 4.69) is 26.8 Å². The van der Waals surface area contributed by atoms with Gasteiger partial charge in [0.05, 0.1) is 0 Å². The van der Waals surface area contributed by atoms with Crippen molar-refractivity contribution < 1.29 is 4.79 Å². The first-order valence-corrected chi connectivity index (χ1v) is 12.5.